The Morgan fingerprint density at radius 3 is 2.68 bits per heavy atom. The molecule has 6 nitrogen and oxygen atoms in total. The molecule has 2 unspecified atom stereocenters. The first-order chi connectivity index (χ1) is 13.2. The number of carbonyl (C=O) groups excluding carboxylic acids is 1. The van der Waals surface area contributed by atoms with Gasteiger partial charge in [0.15, 0.2) is 5.75 Å². The fraction of sp³-hybridized carbons (Fsp3) is 0.526. The highest BCUT2D eigenvalue weighted by atomic mass is 35.5. The minimum absolute atomic E-state index is 0.0217. The third-order valence-electron chi connectivity index (χ3n) is 4.82. The van der Waals surface area contributed by atoms with Crippen LogP contribution in [0.25, 0.3) is 0 Å². The number of benzene rings is 1. The van der Waals surface area contributed by atoms with Gasteiger partial charge in [-0.15, -0.1) is 6.58 Å². The van der Waals surface area contributed by atoms with Crippen LogP contribution in [0.4, 0.5) is 0 Å². The van der Waals surface area contributed by atoms with E-state index in [2.05, 4.69) is 11.9 Å². The molecular weight excluding hydrogens is 423 g/mol. The average molecular weight is 449 g/mol. The summed E-state index contributed by atoms with van der Waals surface area (Å²) in [4.78, 5) is 14.8. The van der Waals surface area contributed by atoms with Gasteiger partial charge in [-0.1, -0.05) is 42.1 Å². The Hall–Kier alpha value is -1.28. The first-order valence-corrected chi connectivity index (χ1v) is 11.7. The lowest BCUT2D eigenvalue weighted by Gasteiger charge is -2.38. The molecule has 1 fully saturated rings. The molecule has 1 N–H and O–H groups in total. The summed E-state index contributed by atoms with van der Waals surface area (Å²) in [5.74, 6) is -0.597. The summed E-state index contributed by atoms with van der Waals surface area (Å²) in [6, 6.07) is 3.04. The molecule has 1 aromatic carbocycles. The Balaban J connectivity index is 2.30. The normalized spacial score (nSPS) is 19.9. The summed E-state index contributed by atoms with van der Waals surface area (Å²) in [6.07, 6.45) is 7.54. The van der Waals surface area contributed by atoms with E-state index in [9.17, 15) is 13.2 Å². The van der Waals surface area contributed by atoms with Crippen molar-refractivity contribution in [1.82, 2.24) is 10.2 Å². The highest BCUT2D eigenvalue weighted by Gasteiger charge is 2.33. The lowest BCUT2D eigenvalue weighted by atomic mass is 9.89. The SMILES string of the molecule is C=CCCNC1CCCCC1N(C)C(=O)c1ccc(Cl)c(Cl)c1OS(C)(=O)=O. The number of amides is 1. The molecule has 0 aromatic heterocycles. The van der Waals surface area contributed by atoms with Crippen LogP contribution >= 0.6 is 23.2 Å². The van der Waals surface area contributed by atoms with Gasteiger partial charge in [0.05, 0.1) is 16.8 Å². The van der Waals surface area contributed by atoms with Crippen molar-refractivity contribution in [2.45, 2.75) is 44.2 Å². The van der Waals surface area contributed by atoms with Gasteiger partial charge in [-0.2, -0.15) is 8.42 Å². The fourth-order valence-corrected chi connectivity index (χ4v) is 4.33. The lowest BCUT2D eigenvalue weighted by Crippen LogP contribution is -2.52. The topological polar surface area (TPSA) is 75.7 Å². The Morgan fingerprint density at radius 2 is 2.04 bits per heavy atom. The molecule has 156 valence electrons. The van der Waals surface area contributed by atoms with Crippen molar-refractivity contribution in [3.8, 4) is 5.75 Å². The second kappa shape index (κ2) is 9.96. The highest BCUT2D eigenvalue weighted by molar-refractivity contribution is 7.86. The van der Waals surface area contributed by atoms with Crippen LogP contribution < -0.4 is 9.50 Å². The van der Waals surface area contributed by atoms with Gasteiger partial charge in [0.25, 0.3) is 5.91 Å². The largest absolute Gasteiger partial charge is 0.380 e. The molecule has 0 saturated heterocycles. The molecule has 2 atom stereocenters. The monoisotopic (exact) mass is 448 g/mol. The summed E-state index contributed by atoms with van der Waals surface area (Å²) in [6.45, 7) is 4.52. The highest BCUT2D eigenvalue weighted by Crippen LogP contribution is 2.37. The van der Waals surface area contributed by atoms with Crippen LogP contribution in [0.2, 0.25) is 10.0 Å². The molecule has 0 heterocycles. The summed E-state index contributed by atoms with van der Waals surface area (Å²) in [7, 11) is -2.17. The first kappa shape index (κ1) is 23.0. The van der Waals surface area contributed by atoms with Gasteiger partial charge in [0, 0.05) is 19.1 Å². The maximum Gasteiger partial charge on any atom is 0.306 e. The first-order valence-electron chi connectivity index (χ1n) is 9.14. The van der Waals surface area contributed by atoms with Crippen LogP contribution in [-0.4, -0.2) is 51.2 Å². The van der Waals surface area contributed by atoms with Gasteiger partial charge < -0.3 is 14.4 Å². The lowest BCUT2D eigenvalue weighted by molar-refractivity contribution is 0.0648. The predicted molar refractivity (Wildman–Crippen MR) is 113 cm³/mol. The number of nitrogens with one attached hydrogen (secondary N) is 1. The number of hydrogen-bond acceptors (Lipinski definition) is 5. The number of halogens is 2. The molecule has 28 heavy (non-hydrogen) atoms. The smallest absolute Gasteiger partial charge is 0.306 e. The standard InChI is InChI=1S/C19H26Cl2N2O4S/c1-4-5-12-22-15-8-6-7-9-16(15)23(2)19(24)13-10-11-14(20)17(21)18(13)27-28(3,25)26/h4,10-11,15-16,22H,1,5-9,12H2,2-3H3. The molecule has 1 aromatic rings. The van der Waals surface area contributed by atoms with E-state index in [4.69, 9.17) is 27.4 Å². The van der Waals surface area contributed by atoms with Crippen molar-refractivity contribution < 1.29 is 17.4 Å². The van der Waals surface area contributed by atoms with Gasteiger partial charge >= 0.3 is 10.1 Å². The van der Waals surface area contributed by atoms with E-state index in [1.165, 1.54) is 12.1 Å². The minimum Gasteiger partial charge on any atom is -0.380 e. The molecular formula is C19H26Cl2N2O4S. The second-order valence-electron chi connectivity index (χ2n) is 6.93. The number of carbonyl (C=O) groups is 1. The summed E-state index contributed by atoms with van der Waals surface area (Å²) < 4.78 is 28.3. The predicted octanol–water partition coefficient (Wildman–Crippen LogP) is 3.88. The zero-order valence-corrected chi connectivity index (χ0v) is 18.4. The third kappa shape index (κ3) is 5.86. The summed E-state index contributed by atoms with van der Waals surface area (Å²) in [5, 5.41) is 3.50. The van der Waals surface area contributed by atoms with Crippen LogP contribution in [0, 0.1) is 0 Å². The van der Waals surface area contributed by atoms with Crippen molar-refractivity contribution in [2.24, 2.45) is 0 Å². The molecule has 0 bridgehead atoms. The van der Waals surface area contributed by atoms with Crippen LogP contribution in [0.15, 0.2) is 24.8 Å². The number of nitrogens with zero attached hydrogens (tertiary/aromatic N) is 1. The zero-order valence-electron chi connectivity index (χ0n) is 16.1. The molecule has 9 heteroatoms. The summed E-state index contributed by atoms with van der Waals surface area (Å²) in [5.41, 5.74) is 0.0674. The van der Waals surface area contributed by atoms with E-state index >= 15 is 0 Å². The Labute approximate surface area is 177 Å². The number of likely N-dealkylation sites (N-methyl/N-ethyl adjacent to an activating group) is 1. The molecule has 1 aliphatic rings. The molecule has 1 aliphatic carbocycles. The van der Waals surface area contributed by atoms with Gasteiger partial charge in [0.2, 0.25) is 0 Å². The Kier molecular flexibility index (Phi) is 8.18. The second-order valence-corrected chi connectivity index (χ2v) is 9.29. The van der Waals surface area contributed by atoms with Crippen LogP contribution in [-0.2, 0) is 10.1 Å². The minimum atomic E-state index is -3.88. The van der Waals surface area contributed by atoms with Crippen molar-refractivity contribution in [1.29, 1.82) is 0 Å². The van der Waals surface area contributed by atoms with Gasteiger partial charge in [-0.25, -0.2) is 0 Å². The quantitative estimate of drug-likeness (QED) is 0.370. The van der Waals surface area contributed by atoms with Crippen LogP contribution in [0.5, 0.6) is 5.75 Å². The van der Waals surface area contributed by atoms with E-state index in [-0.39, 0.29) is 39.3 Å². The average Bonchev–Trinajstić information content (AvgIpc) is 2.64. The molecule has 2 rings (SSSR count). The van der Waals surface area contributed by atoms with E-state index in [1.54, 1.807) is 11.9 Å². The molecule has 0 spiro atoms. The van der Waals surface area contributed by atoms with E-state index in [1.807, 2.05) is 6.08 Å². The number of hydrogen-bond donors (Lipinski definition) is 1. The van der Waals surface area contributed by atoms with Crippen molar-refractivity contribution in [3.05, 3.63) is 40.4 Å². The molecule has 1 amide bonds. The molecule has 0 aliphatic heterocycles. The van der Waals surface area contributed by atoms with Crippen LogP contribution in [0.1, 0.15) is 42.5 Å². The van der Waals surface area contributed by atoms with Gasteiger partial charge in [0.1, 0.15) is 5.02 Å². The van der Waals surface area contributed by atoms with Crippen molar-refractivity contribution in [2.75, 3.05) is 19.8 Å². The molecule has 0 radical (unpaired) electrons. The van der Waals surface area contributed by atoms with Crippen molar-refractivity contribution in [3.63, 3.8) is 0 Å². The summed E-state index contributed by atoms with van der Waals surface area (Å²) >= 11 is 12.1. The van der Waals surface area contributed by atoms with Crippen molar-refractivity contribution >= 4 is 39.2 Å². The van der Waals surface area contributed by atoms with Gasteiger partial charge in [-0.3, -0.25) is 4.79 Å². The Bertz CT molecular complexity index is 829. The maximum atomic E-state index is 13.2. The zero-order chi connectivity index (χ0) is 20.9. The number of rotatable bonds is 8. The van der Waals surface area contributed by atoms with E-state index < -0.39 is 10.1 Å². The van der Waals surface area contributed by atoms with Crippen LogP contribution in [0.3, 0.4) is 0 Å². The maximum absolute atomic E-state index is 13.2. The van der Waals surface area contributed by atoms with E-state index in [0.29, 0.717) is 0 Å². The van der Waals surface area contributed by atoms with E-state index in [0.717, 1.165) is 44.9 Å². The molecule has 1 saturated carbocycles. The third-order valence-corrected chi connectivity index (χ3v) is 6.07. The van der Waals surface area contributed by atoms with Gasteiger partial charge in [-0.05, 0) is 37.9 Å². The fourth-order valence-electron chi connectivity index (χ4n) is 3.46. The Morgan fingerprint density at radius 1 is 1.36 bits per heavy atom.